The normalized spacial score (nSPS) is 15.6. The maximum Gasteiger partial charge on any atom is 0.301 e. The summed E-state index contributed by atoms with van der Waals surface area (Å²) in [5.74, 6) is 1.38. The molecule has 2 aromatic rings. The molecule has 0 aromatic heterocycles. The van der Waals surface area contributed by atoms with Crippen LogP contribution in [0.3, 0.4) is 0 Å². The van der Waals surface area contributed by atoms with Crippen LogP contribution in [-0.2, 0) is 15.5 Å². The first-order valence-electron chi connectivity index (χ1n) is 8.37. The molecule has 1 aliphatic rings. The molecule has 0 radical (unpaired) electrons. The summed E-state index contributed by atoms with van der Waals surface area (Å²) >= 11 is -2.29. The van der Waals surface area contributed by atoms with Crippen LogP contribution in [0.2, 0.25) is 0 Å². The van der Waals surface area contributed by atoms with Crippen LogP contribution in [0.5, 0.6) is 5.75 Å². The number of benzene rings is 2. The van der Waals surface area contributed by atoms with Crippen molar-refractivity contribution in [2.45, 2.75) is 13.3 Å². The van der Waals surface area contributed by atoms with E-state index in [1.165, 1.54) is 0 Å². The summed E-state index contributed by atoms with van der Waals surface area (Å²) in [5.41, 5.74) is 4.01. The Bertz CT molecular complexity index is 848. The Kier molecular flexibility index (Phi) is 5.88. The van der Waals surface area contributed by atoms with Gasteiger partial charge in [-0.2, -0.15) is 4.21 Å². The number of nitrogens with zero attached hydrogens (tertiary/aromatic N) is 1. The van der Waals surface area contributed by atoms with Gasteiger partial charge >= 0.3 is 11.4 Å². The SMILES string of the molecule is C=C(/C=C1/Oc2ccc(-c3ccccc3)cc2N1CCOS(=O)O)CC. The van der Waals surface area contributed by atoms with E-state index in [4.69, 9.17) is 13.5 Å². The summed E-state index contributed by atoms with van der Waals surface area (Å²) < 4.78 is 30.4. The van der Waals surface area contributed by atoms with Crippen LogP contribution in [-0.4, -0.2) is 21.9 Å². The van der Waals surface area contributed by atoms with E-state index in [1.54, 1.807) is 0 Å². The van der Waals surface area contributed by atoms with Crippen molar-refractivity contribution in [2.24, 2.45) is 0 Å². The van der Waals surface area contributed by atoms with Gasteiger partial charge in [-0.3, -0.25) is 8.74 Å². The van der Waals surface area contributed by atoms with Crippen LogP contribution in [0.25, 0.3) is 11.1 Å². The van der Waals surface area contributed by atoms with Crippen LogP contribution in [0.4, 0.5) is 5.69 Å². The zero-order chi connectivity index (χ0) is 18.5. The lowest BCUT2D eigenvalue weighted by atomic mass is 10.0. The molecule has 0 saturated carbocycles. The Hall–Kier alpha value is -2.41. The molecule has 0 spiro atoms. The van der Waals surface area contributed by atoms with Gasteiger partial charge in [0.05, 0.1) is 18.8 Å². The Morgan fingerprint density at radius 3 is 2.73 bits per heavy atom. The van der Waals surface area contributed by atoms with Crippen LogP contribution >= 0.6 is 0 Å². The minimum absolute atomic E-state index is 0.0947. The molecule has 1 heterocycles. The molecule has 0 bridgehead atoms. The van der Waals surface area contributed by atoms with Gasteiger partial charge in [0.1, 0.15) is 0 Å². The molecule has 1 N–H and O–H groups in total. The molecular weight excluding hydrogens is 350 g/mol. The van der Waals surface area contributed by atoms with Crippen molar-refractivity contribution in [2.75, 3.05) is 18.1 Å². The van der Waals surface area contributed by atoms with E-state index in [1.807, 2.05) is 48.2 Å². The quantitative estimate of drug-likeness (QED) is 0.726. The third kappa shape index (κ3) is 4.22. The molecule has 1 unspecified atom stereocenters. The van der Waals surface area contributed by atoms with Crippen molar-refractivity contribution in [3.8, 4) is 16.9 Å². The van der Waals surface area contributed by atoms with Crippen LogP contribution in [0.1, 0.15) is 13.3 Å². The Morgan fingerprint density at radius 1 is 1.27 bits per heavy atom. The molecule has 0 saturated heterocycles. The molecule has 1 atom stereocenters. The molecule has 6 heteroatoms. The first kappa shape index (κ1) is 18.4. The van der Waals surface area contributed by atoms with Gasteiger partial charge in [-0.15, -0.1) is 0 Å². The van der Waals surface area contributed by atoms with E-state index in [2.05, 4.69) is 24.8 Å². The van der Waals surface area contributed by atoms with Crippen LogP contribution in [0.15, 0.2) is 72.6 Å². The fraction of sp³-hybridized carbons (Fsp3) is 0.200. The topological polar surface area (TPSA) is 59.0 Å². The van der Waals surface area contributed by atoms with Gasteiger partial charge in [0.15, 0.2) is 5.75 Å². The first-order chi connectivity index (χ1) is 12.6. The van der Waals surface area contributed by atoms with Crippen LogP contribution < -0.4 is 9.64 Å². The van der Waals surface area contributed by atoms with Gasteiger partial charge in [0, 0.05) is 6.08 Å². The van der Waals surface area contributed by atoms with Gasteiger partial charge in [0.2, 0.25) is 5.88 Å². The molecule has 26 heavy (non-hydrogen) atoms. The second-order valence-corrected chi connectivity index (χ2v) is 6.51. The van der Waals surface area contributed by atoms with E-state index in [0.717, 1.165) is 34.6 Å². The van der Waals surface area contributed by atoms with Crippen molar-refractivity contribution in [3.05, 3.63) is 72.6 Å². The van der Waals surface area contributed by atoms with Gasteiger partial charge < -0.3 is 9.64 Å². The van der Waals surface area contributed by atoms with Crippen molar-refractivity contribution in [3.63, 3.8) is 0 Å². The number of ether oxygens (including phenoxy) is 1. The smallest absolute Gasteiger partial charge is 0.301 e. The van der Waals surface area contributed by atoms with Gasteiger partial charge in [-0.25, -0.2) is 0 Å². The zero-order valence-corrected chi connectivity index (χ0v) is 15.4. The second kappa shape index (κ2) is 8.31. The van der Waals surface area contributed by atoms with Crippen molar-refractivity contribution >= 4 is 17.0 Å². The number of hydrogen-bond donors (Lipinski definition) is 1. The summed E-state index contributed by atoms with van der Waals surface area (Å²) in [6, 6.07) is 16.1. The number of hydrogen-bond acceptors (Lipinski definition) is 4. The highest BCUT2D eigenvalue weighted by atomic mass is 32.2. The number of allylic oxidation sites excluding steroid dienone is 2. The lowest BCUT2D eigenvalue weighted by molar-refractivity contribution is 0.310. The largest absolute Gasteiger partial charge is 0.439 e. The van der Waals surface area contributed by atoms with Crippen molar-refractivity contribution in [1.82, 2.24) is 0 Å². The number of fused-ring (bicyclic) bond motifs is 1. The summed E-state index contributed by atoms with van der Waals surface area (Å²) in [6.45, 7) is 6.51. The lowest BCUT2D eigenvalue weighted by Crippen LogP contribution is -2.25. The van der Waals surface area contributed by atoms with Crippen molar-refractivity contribution in [1.29, 1.82) is 0 Å². The third-order valence-corrected chi connectivity index (χ3v) is 4.49. The summed E-state index contributed by atoms with van der Waals surface area (Å²) in [6.07, 6.45) is 2.70. The van der Waals surface area contributed by atoms with E-state index in [-0.39, 0.29) is 6.61 Å². The molecule has 0 aliphatic carbocycles. The van der Waals surface area contributed by atoms with E-state index >= 15 is 0 Å². The molecule has 136 valence electrons. The van der Waals surface area contributed by atoms with Gasteiger partial charge in [-0.1, -0.05) is 55.5 Å². The monoisotopic (exact) mass is 371 g/mol. The molecule has 2 aromatic carbocycles. The highest BCUT2D eigenvalue weighted by Gasteiger charge is 2.26. The maximum absolute atomic E-state index is 10.8. The Morgan fingerprint density at radius 2 is 2.04 bits per heavy atom. The van der Waals surface area contributed by atoms with E-state index in [9.17, 15) is 4.21 Å². The standard InChI is InChI=1S/C20H21NO4S/c1-3-15(2)13-20-21(11-12-24-26(22)23)18-14-17(9-10-19(18)25-20)16-7-5-4-6-8-16/h4-10,13-14H,2-3,11-12H2,1H3,(H,22,23)/b20-13+. The highest BCUT2D eigenvalue weighted by Crippen LogP contribution is 2.41. The summed E-state index contributed by atoms with van der Waals surface area (Å²) in [5, 5.41) is 0. The van der Waals surface area contributed by atoms with Crippen molar-refractivity contribution < 1.29 is 17.7 Å². The van der Waals surface area contributed by atoms with Gasteiger partial charge in [0.25, 0.3) is 0 Å². The Balaban J connectivity index is 1.93. The first-order valence-corrected chi connectivity index (χ1v) is 9.40. The summed E-state index contributed by atoms with van der Waals surface area (Å²) in [7, 11) is 0. The average molecular weight is 371 g/mol. The van der Waals surface area contributed by atoms with Crippen LogP contribution in [0, 0.1) is 0 Å². The average Bonchev–Trinajstić information content (AvgIpc) is 2.98. The molecule has 1 aliphatic heterocycles. The van der Waals surface area contributed by atoms with E-state index < -0.39 is 11.4 Å². The molecular formula is C20H21NO4S. The zero-order valence-electron chi connectivity index (χ0n) is 14.6. The highest BCUT2D eigenvalue weighted by molar-refractivity contribution is 7.74. The number of rotatable bonds is 7. The maximum atomic E-state index is 10.8. The Labute approximate surface area is 156 Å². The third-order valence-electron chi connectivity index (χ3n) is 4.12. The molecule has 0 amide bonds. The molecule has 5 nitrogen and oxygen atoms in total. The molecule has 3 rings (SSSR count). The van der Waals surface area contributed by atoms with E-state index in [0.29, 0.717) is 12.4 Å². The lowest BCUT2D eigenvalue weighted by Gasteiger charge is -2.18. The molecule has 0 fully saturated rings. The fourth-order valence-corrected chi connectivity index (χ4v) is 2.94. The minimum Gasteiger partial charge on any atom is -0.439 e. The number of anilines is 1. The second-order valence-electron chi connectivity index (χ2n) is 5.84. The van der Waals surface area contributed by atoms with Gasteiger partial charge in [-0.05, 0) is 29.7 Å². The fourth-order valence-electron chi connectivity index (χ4n) is 2.73. The predicted octanol–water partition coefficient (Wildman–Crippen LogP) is 4.51. The summed E-state index contributed by atoms with van der Waals surface area (Å²) in [4.78, 5) is 1.94. The predicted molar refractivity (Wildman–Crippen MR) is 104 cm³/mol. The minimum atomic E-state index is -2.29.